The number of nitrogens with zero attached hydrogens (tertiary/aromatic N) is 2. The van der Waals surface area contributed by atoms with Crippen LogP contribution in [0.2, 0.25) is 0 Å². The minimum absolute atomic E-state index is 0.117. The minimum Gasteiger partial charge on any atom is -0.396 e. The number of unbranched alkanes of at least 4 members (excludes halogenated alkanes) is 1. The Hall–Kier alpha value is -1.46. The number of piperazine rings is 1. The van der Waals surface area contributed by atoms with Gasteiger partial charge >= 0.3 is 0 Å². The summed E-state index contributed by atoms with van der Waals surface area (Å²) >= 11 is 0. The molecule has 1 heterocycles. The van der Waals surface area contributed by atoms with Crippen LogP contribution >= 0.6 is 0 Å². The van der Waals surface area contributed by atoms with Crippen molar-refractivity contribution in [2.45, 2.75) is 19.8 Å². The molecule has 1 saturated heterocycles. The molecule has 0 spiro atoms. The molecule has 0 unspecified atom stereocenters. The fraction of sp³-hybridized carbons (Fsp3) is 0.562. The third-order valence-corrected chi connectivity index (χ3v) is 3.95. The second-order valence-corrected chi connectivity index (χ2v) is 5.48. The van der Waals surface area contributed by atoms with Gasteiger partial charge in [-0.05, 0) is 44.5 Å². The fourth-order valence-corrected chi connectivity index (χ4v) is 2.64. The van der Waals surface area contributed by atoms with Crippen molar-refractivity contribution >= 4 is 11.5 Å². The number of rotatable bonds is 6. The van der Waals surface area contributed by atoms with Gasteiger partial charge in [0.1, 0.15) is 5.82 Å². The van der Waals surface area contributed by atoms with Crippen LogP contribution in [-0.4, -0.2) is 55.1 Å². The van der Waals surface area contributed by atoms with E-state index in [2.05, 4.69) is 4.90 Å². The van der Waals surface area contributed by atoms with Crippen LogP contribution in [-0.2, 0) is 0 Å². The molecule has 2 rings (SSSR count). The van der Waals surface area contributed by atoms with Crippen LogP contribution < -0.4 is 4.90 Å². The number of halogens is 1. The van der Waals surface area contributed by atoms with Gasteiger partial charge in [0, 0.05) is 38.3 Å². The maximum atomic E-state index is 14.1. The van der Waals surface area contributed by atoms with Gasteiger partial charge < -0.3 is 10.0 Å². The molecule has 0 aromatic heterocycles. The molecular weight excluding hydrogens is 271 g/mol. The molecule has 116 valence electrons. The Morgan fingerprint density at radius 2 is 1.95 bits per heavy atom. The highest BCUT2D eigenvalue weighted by atomic mass is 19.1. The van der Waals surface area contributed by atoms with Crippen LogP contribution in [0.25, 0.3) is 0 Å². The number of hydrogen-bond acceptors (Lipinski definition) is 4. The van der Waals surface area contributed by atoms with E-state index in [1.165, 1.54) is 13.0 Å². The Bertz CT molecular complexity index is 485. The molecule has 0 aliphatic carbocycles. The first-order valence-corrected chi connectivity index (χ1v) is 7.50. The van der Waals surface area contributed by atoms with Crippen molar-refractivity contribution in [3.8, 4) is 0 Å². The number of ketones is 1. The Balaban J connectivity index is 1.91. The maximum Gasteiger partial charge on any atom is 0.159 e. The molecule has 1 fully saturated rings. The lowest BCUT2D eigenvalue weighted by Crippen LogP contribution is -2.46. The number of Topliss-reactive ketones (excluding diaryl/α,β-unsaturated/α-hetero) is 1. The van der Waals surface area contributed by atoms with Gasteiger partial charge in [-0.25, -0.2) is 4.39 Å². The van der Waals surface area contributed by atoms with E-state index >= 15 is 0 Å². The maximum absolute atomic E-state index is 14.1. The Morgan fingerprint density at radius 1 is 1.24 bits per heavy atom. The summed E-state index contributed by atoms with van der Waals surface area (Å²) in [6.45, 7) is 6.05. The predicted octanol–water partition coefficient (Wildman–Crippen LogP) is 1.92. The van der Waals surface area contributed by atoms with E-state index in [1.807, 2.05) is 4.90 Å². The topological polar surface area (TPSA) is 43.8 Å². The zero-order chi connectivity index (χ0) is 15.2. The second kappa shape index (κ2) is 7.52. The van der Waals surface area contributed by atoms with Crippen LogP contribution in [0.15, 0.2) is 18.2 Å². The highest BCUT2D eigenvalue weighted by Crippen LogP contribution is 2.22. The first-order chi connectivity index (χ1) is 10.1. The summed E-state index contributed by atoms with van der Waals surface area (Å²) in [5, 5.41) is 8.79. The number of carbonyl (C=O) groups excluding carboxylic acids is 1. The van der Waals surface area contributed by atoms with Crippen molar-refractivity contribution in [1.82, 2.24) is 4.90 Å². The van der Waals surface area contributed by atoms with Crippen molar-refractivity contribution in [1.29, 1.82) is 0 Å². The lowest BCUT2D eigenvalue weighted by Gasteiger charge is -2.36. The highest BCUT2D eigenvalue weighted by Gasteiger charge is 2.19. The third kappa shape index (κ3) is 4.25. The molecule has 21 heavy (non-hydrogen) atoms. The summed E-state index contributed by atoms with van der Waals surface area (Å²) < 4.78 is 14.1. The van der Waals surface area contributed by atoms with E-state index in [0.717, 1.165) is 45.6 Å². The van der Waals surface area contributed by atoms with Crippen LogP contribution in [0.3, 0.4) is 0 Å². The van der Waals surface area contributed by atoms with Crippen molar-refractivity contribution < 1.29 is 14.3 Å². The van der Waals surface area contributed by atoms with Gasteiger partial charge in [0.05, 0.1) is 5.69 Å². The molecule has 1 aromatic rings. The Labute approximate surface area is 125 Å². The molecule has 4 nitrogen and oxygen atoms in total. The standard InChI is InChI=1S/C16H23FN2O2/c1-13(21)14-4-5-16(15(17)12-14)19-9-7-18(8-10-19)6-2-3-11-20/h4-5,12,20H,2-3,6-11H2,1H3. The molecule has 5 heteroatoms. The van der Waals surface area contributed by atoms with Crippen LogP contribution in [0.5, 0.6) is 0 Å². The monoisotopic (exact) mass is 294 g/mol. The van der Waals surface area contributed by atoms with Gasteiger partial charge in [0.2, 0.25) is 0 Å². The smallest absolute Gasteiger partial charge is 0.159 e. The van der Waals surface area contributed by atoms with Gasteiger partial charge in [-0.3, -0.25) is 9.69 Å². The summed E-state index contributed by atoms with van der Waals surface area (Å²) in [5.41, 5.74) is 0.994. The first kappa shape index (κ1) is 15.9. The lowest BCUT2D eigenvalue weighted by molar-refractivity contribution is 0.101. The number of aliphatic hydroxyl groups is 1. The molecule has 0 bridgehead atoms. The van der Waals surface area contributed by atoms with Crippen molar-refractivity contribution in [2.75, 3.05) is 44.2 Å². The van der Waals surface area contributed by atoms with Crippen LogP contribution in [0.4, 0.5) is 10.1 Å². The minimum atomic E-state index is -0.323. The fourth-order valence-electron chi connectivity index (χ4n) is 2.64. The third-order valence-electron chi connectivity index (χ3n) is 3.95. The molecule has 0 atom stereocenters. The highest BCUT2D eigenvalue weighted by molar-refractivity contribution is 5.94. The van der Waals surface area contributed by atoms with Crippen LogP contribution in [0, 0.1) is 5.82 Å². The Morgan fingerprint density at radius 3 is 2.52 bits per heavy atom. The summed E-state index contributed by atoms with van der Waals surface area (Å²) in [7, 11) is 0. The zero-order valence-corrected chi connectivity index (χ0v) is 12.5. The molecule has 0 saturated carbocycles. The second-order valence-electron chi connectivity index (χ2n) is 5.48. The molecule has 0 radical (unpaired) electrons. The van der Waals surface area contributed by atoms with Gasteiger partial charge in [-0.2, -0.15) is 0 Å². The molecule has 1 aromatic carbocycles. The normalized spacial score (nSPS) is 16.2. The lowest BCUT2D eigenvalue weighted by atomic mass is 10.1. The number of benzene rings is 1. The van der Waals surface area contributed by atoms with Crippen molar-refractivity contribution in [3.05, 3.63) is 29.6 Å². The summed E-state index contributed by atoms with van der Waals surface area (Å²) in [6.07, 6.45) is 1.83. The molecule has 1 aliphatic rings. The average Bonchev–Trinajstić information content (AvgIpc) is 2.48. The number of anilines is 1. The molecule has 1 aliphatic heterocycles. The summed E-state index contributed by atoms with van der Waals surface area (Å²) in [4.78, 5) is 15.6. The van der Waals surface area contributed by atoms with E-state index in [0.29, 0.717) is 11.3 Å². The SMILES string of the molecule is CC(=O)c1ccc(N2CCN(CCCCO)CC2)c(F)c1. The van der Waals surface area contributed by atoms with E-state index in [-0.39, 0.29) is 18.2 Å². The number of carbonyl (C=O) groups is 1. The van der Waals surface area contributed by atoms with Crippen LogP contribution in [0.1, 0.15) is 30.1 Å². The van der Waals surface area contributed by atoms with E-state index in [4.69, 9.17) is 5.11 Å². The number of aliphatic hydroxyl groups excluding tert-OH is 1. The molecular formula is C16H23FN2O2. The van der Waals surface area contributed by atoms with E-state index in [9.17, 15) is 9.18 Å². The van der Waals surface area contributed by atoms with Gasteiger partial charge in [0.15, 0.2) is 5.78 Å². The zero-order valence-electron chi connectivity index (χ0n) is 12.5. The van der Waals surface area contributed by atoms with Crippen molar-refractivity contribution in [3.63, 3.8) is 0 Å². The van der Waals surface area contributed by atoms with Gasteiger partial charge in [0.25, 0.3) is 0 Å². The predicted molar refractivity (Wildman–Crippen MR) is 81.4 cm³/mol. The largest absolute Gasteiger partial charge is 0.396 e. The number of hydrogen-bond donors (Lipinski definition) is 1. The van der Waals surface area contributed by atoms with E-state index in [1.54, 1.807) is 12.1 Å². The van der Waals surface area contributed by atoms with Gasteiger partial charge in [-0.15, -0.1) is 0 Å². The first-order valence-electron chi connectivity index (χ1n) is 7.50. The van der Waals surface area contributed by atoms with Gasteiger partial charge in [-0.1, -0.05) is 0 Å². The van der Waals surface area contributed by atoms with E-state index < -0.39 is 0 Å². The molecule has 0 amide bonds. The average molecular weight is 294 g/mol. The molecule has 1 N–H and O–H groups in total. The summed E-state index contributed by atoms with van der Waals surface area (Å²) in [6, 6.07) is 4.72. The Kier molecular flexibility index (Phi) is 5.70. The summed E-state index contributed by atoms with van der Waals surface area (Å²) in [5.74, 6) is -0.439. The quantitative estimate of drug-likeness (QED) is 0.643. The van der Waals surface area contributed by atoms with Crippen molar-refractivity contribution in [2.24, 2.45) is 0 Å².